The molecule has 1 aromatic rings. The van der Waals surface area contributed by atoms with Crippen molar-refractivity contribution in [2.45, 2.75) is 40.2 Å². The van der Waals surface area contributed by atoms with Crippen molar-refractivity contribution >= 4 is 12.1 Å². The van der Waals surface area contributed by atoms with E-state index in [1.54, 1.807) is 27.7 Å². The molecule has 24 heavy (non-hydrogen) atoms. The Bertz CT molecular complexity index is 581. The van der Waals surface area contributed by atoms with Gasteiger partial charge < -0.3 is 14.2 Å². The molecule has 0 heterocycles. The number of carbonyl (C=O) groups excluding carboxylic acids is 2. The van der Waals surface area contributed by atoms with Gasteiger partial charge in [0.1, 0.15) is 5.75 Å². The first-order valence-electron chi connectivity index (χ1n) is 7.27. The zero-order valence-corrected chi connectivity index (χ0v) is 13.7. The fourth-order valence-electron chi connectivity index (χ4n) is 1.55. The van der Waals surface area contributed by atoms with Crippen LogP contribution in [-0.2, 0) is 20.4 Å². The van der Waals surface area contributed by atoms with Crippen molar-refractivity contribution in [1.29, 1.82) is 0 Å². The minimum atomic E-state index is -4.68. The fraction of sp³-hybridized carbons (Fsp3) is 0.500. The van der Waals surface area contributed by atoms with Gasteiger partial charge in [-0.05, 0) is 12.1 Å². The molecule has 0 saturated heterocycles. The van der Waals surface area contributed by atoms with Crippen LogP contribution in [0.5, 0.6) is 5.75 Å². The molecular weight excluding hydrogens is 329 g/mol. The van der Waals surface area contributed by atoms with E-state index < -0.39 is 47.7 Å². The molecule has 0 aromatic heterocycles. The predicted molar refractivity (Wildman–Crippen MR) is 78.1 cm³/mol. The molecule has 1 unspecified atom stereocenters. The molecule has 1 aromatic carbocycles. The first kappa shape index (κ1) is 19.8. The molecule has 1 rings (SSSR count). The molecule has 0 spiro atoms. The van der Waals surface area contributed by atoms with Gasteiger partial charge in [0.25, 0.3) is 6.29 Å². The number of para-hydroxylation sites is 1. The Hall–Kier alpha value is -2.25. The summed E-state index contributed by atoms with van der Waals surface area (Å²) in [5.74, 6) is -2.14. The van der Waals surface area contributed by atoms with E-state index in [0.717, 1.165) is 12.1 Å². The highest BCUT2D eigenvalue weighted by atomic mass is 19.4. The first-order valence-corrected chi connectivity index (χ1v) is 7.27. The van der Waals surface area contributed by atoms with Gasteiger partial charge in [-0.1, -0.05) is 39.8 Å². The molecule has 0 aliphatic rings. The minimum Gasteiger partial charge on any atom is -0.425 e. The van der Waals surface area contributed by atoms with Gasteiger partial charge in [-0.2, -0.15) is 13.2 Å². The van der Waals surface area contributed by atoms with E-state index in [-0.39, 0.29) is 0 Å². The second-order valence-corrected chi connectivity index (χ2v) is 5.67. The molecule has 0 amide bonds. The third-order valence-electron chi connectivity index (χ3n) is 2.85. The Balaban J connectivity index is 2.83. The maximum atomic E-state index is 12.8. The zero-order chi connectivity index (χ0) is 18.5. The third-order valence-corrected chi connectivity index (χ3v) is 2.85. The van der Waals surface area contributed by atoms with Crippen molar-refractivity contribution in [3.63, 3.8) is 0 Å². The van der Waals surface area contributed by atoms with Crippen LogP contribution in [0.25, 0.3) is 0 Å². The molecule has 0 bridgehead atoms. The molecule has 5 nitrogen and oxygen atoms in total. The number of carbonyl (C=O) groups is 2. The average Bonchev–Trinajstić information content (AvgIpc) is 2.45. The topological polar surface area (TPSA) is 61.8 Å². The number of esters is 1. The van der Waals surface area contributed by atoms with Crippen LogP contribution in [0.2, 0.25) is 0 Å². The summed E-state index contributed by atoms with van der Waals surface area (Å²) < 4.78 is 53.0. The molecule has 0 saturated carbocycles. The third kappa shape index (κ3) is 5.75. The molecule has 0 N–H and O–H groups in total. The number of rotatable bonds is 5. The van der Waals surface area contributed by atoms with Gasteiger partial charge in [-0.25, -0.2) is 4.79 Å². The SMILES string of the molecule is CC(C)C(=O)OC(OC(=O)Oc1ccccc1C(F)(F)F)C(C)C. The highest BCUT2D eigenvalue weighted by Gasteiger charge is 2.35. The van der Waals surface area contributed by atoms with Gasteiger partial charge in [-0.15, -0.1) is 0 Å². The van der Waals surface area contributed by atoms with Crippen LogP contribution in [0, 0.1) is 11.8 Å². The predicted octanol–water partition coefficient (Wildman–Crippen LogP) is 4.40. The quantitative estimate of drug-likeness (QED) is 0.448. The van der Waals surface area contributed by atoms with Crippen molar-refractivity contribution in [3.8, 4) is 5.75 Å². The van der Waals surface area contributed by atoms with Gasteiger partial charge in [-0.3, -0.25) is 4.79 Å². The first-order chi connectivity index (χ1) is 11.0. The summed E-state index contributed by atoms with van der Waals surface area (Å²) in [7, 11) is 0. The van der Waals surface area contributed by atoms with Gasteiger partial charge in [0.15, 0.2) is 0 Å². The van der Waals surface area contributed by atoms with Crippen molar-refractivity contribution in [3.05, 3.63) is 29.8 Å². The van der Waals surface area contributed by atoms with Crippen LogP contribution in [0.15, 0.2) is 24.3 Å². The van der Waals surface area contributed by atoms with Gasteiger partial charge >= 0.3 is 18.3 Å². The number of alkyl halides is 3. The minimum absolute atomic E-state index is 0.405. The maximum Gasteiger partial charge on any atom is 0.516 e. The lowest BCUT2D eigenvalue weighted by molar-refractivity contribution is -0.181. The van der Waals surface area contributed by atoms with E-state index in [1.807, 2.05) is 0 Å². The van der Waals surface area contributed by atoms with Crippen molar-refractivity contribution in [2.24, 2.45) is 11.8 Å². The van der Waals surface area contributed by atoms with Crippen molar-refractivity contribution < 1.29 is 37.0 Å². The summed E-state index contributed by atoms with van der Waals surface area (Å²) in [5, 5.41) is 0. The second kappa shape index (κ2) is 8.03. The smallest absolute Gasteiger partial charge is 0.425 e. The van der Waals surface area contributed by atoms with E-state index in [0.29, 0.717) is 0 Å². The molecule has 0 radical (unpaired) electrons. The highest BCUT2D eigenvalue weighted by molar-refractivity contribution is 5.72. The summed E-state index contributed by atoms with van der Waals surface area (Å²) in [5.41, 5.74) is -1.11. The van der Waals surface area contributed by atoms with Gasteiger partial charge in [0, 0.05) is 5.92 Å². The van der Waals surface area contributed by atoms with Gasteiger partial charge in [0.05, 0.1) is 11.5 Å². The lowest BCUT2D eigenvalue weighted by Crippen LogP contribution is -2.32. The van der Waals surface area contributed by atoms with Crippen LogP contribution in [-0.4, -0.2) is 18.4 Å². The van der Waals surface area contributed by atoms with Crippen LogP contribution < -0.4 is 4.74 Å². The van der Waals surface area contributed by atoms with E-state index in [1.165, 1.54) is 12.1 Å². The summed E-state index contributed by atoms with van der Waals surface area (Å²) >= 11 is 0. The number of ether oxygens (including phenoxy) is 3. The number of hydrogen-bond donors (Lipinski definition) is 0. The van der Waals surface area contributed by atoms with Crippen LogP contribution in [0.1, 0.15) is 33.3 Å². The Morgan fingerprint density at radius 2 is 1.58 bits per heavy atom. The monoisotopic (exact) mass is 348 g/mol. The van der Waals surface area contributed by atoms with Crippen LogP contribution >= 0.6 is 0 Å². The van der Waals surface area contributed by atoms with E-state index in [9.17, 15) is 22.8 Å². The molecule has 0 fully saturated rings. The van der Waals surface area contributed by atoms with Crippen molar-refractivity contribution in [2.75, 3.05) is 0 Å². The molecule has 1 atom stereocenters. The standard InChI is InChI=1S/C16H19F3O5/c1-9(2)13(20)23-14(10(3)4)24-15(21)22-12-8-6-5-7-11(12)16(17,18)19/h5-10,14H,1-4H3. The summed E-state index contributed by atoms with van der Waals surface area (Å²) in [6.07, 6.45) is -7.33. The van der Waals surface area contributed by atoms with E-state index in [2.05, 4.69) is 4.74 Å². The largest absolute Gasteiger partial charge is 0.516 e. The second-order valence-electron chi connectivity index (χ2n) is 5.67. The Morgan fingerprint density at radius 1 is 1.00 bits per heavy atom. The average molecular weight is 348 g/mol. The summed E-state index contributed by atoms with van der Waals surface area (Å²) in [6, 6.07) is 4.23. The van der Waals surface area contributed by atoms with Crippen LogP contribution in [0.4, 0.5) is 18.0 Å². The van der Waals surface area contributed by atoms with Gasteiger partial charge in [0.2, 0.25) is 0 Å². The molecule has 8 heteroatoms. The Labute approximate surface area is 137 Å². The fourth-order valence-corrected chi connectivity index (χ4v) is 1.55. The van der Waals surface area contributed by atoms with E-state index in [4.69, 9.17) is 9.47 Å². The molecule has 0 aliphatic heterocycles. The molecule has 0 aliphatic carbocycles. The van der Waals surface area contributed by atoms with Crippen LogP contribution in [0.3, 0.4) is 0 Å². The molecule has 134 valence electrons. The van der Waals surface area contributed by atoms with Crippen molar-refractivity contribution in [1.82, 2.24) is 0 Å². The molecular formula is C16H19F3O5. The maximum absolute atomic E-state index is 12.8. The Kier molecular flexibility index (Phi) is 6.62. The number of hydrogen-bond acceptors (Lipinski definition) is 5. The highest BCUT2D eigenvalue weighted by Crippen LogP contribution is 2.36. The summed E-state index contributed by atoms with van der Waals surface area (Å²) in [6.45, 7) is 6.43. The zero-order valence-electron chi connectivity index (χ0n) is 13.7. The van der Waals surface area contributed by atoms with E-state index >= 15 is 0 Å². The lowest BCUT2D eigenvalue weighted by atomic mass is 10.2. The number of halogens is 3. The summed E-state index contributed by atoms with van der Waals surface area (Å²) in [4.78, 5) is 23.3. The normalized spacial score (nSPS) is 12.9. The lowest BCUT2D eigenvalue weighted by Gasteiger charge is -2.22. The number of benzene rings is 1. The Morgan fingerprint density at radius 3 is 2.08 bits per heavy atom.